The van der Waals surface area contributed by atoms with Gasteiger partial charge in [-0.25, -0.2) is 0 Å². The van der Waals surface area contributed by atoms with E-state index in [2.05, 4.69) is 30.4 Å². The zero-order valence-corrected chi connectivity index (χ0v) is 9.39. The van der Waals surface area contributed by atoms with Gasteiger partial charge in [0.15, 0.2) is 0 Å². The van der Waals surface area contributed by atoms with Crippen LogP contribution in [0.1, 0.15) is 6.42 Å². The molecular weight excluding hydrogens is 180 g/mol. The average Bonchev–Trinajstić information content (AvgIpc) is 2.48. The molecule has 0 aromatic carbocycles. The summed E-state index contributed by atoms with van der Waals surface area (Å²) in [5.41, 5.74) is 5.79. The summed E-state index contributed by atoms with van der Waals surface area (Å²) >= 11 is 1.90. The Labute approximate surface area is 85.6 Å². The Morgan fingerprint density at radius 1 is 1.54 bits per heavy atom. The number of nitrogens with two attached hydrogens (primary N) is 1. The monoisotopic (exact) mass is 200 g/mol. The first kappa shape index (κ1) is 11.1. The molecule has 0 amide bonds. The third kappa shape index (κ3) is 4.16. The third-order valence-electron chi connectivity index (χ3n) is 2.43. The fourth-order valence-corrected chi connectivity index (χ4v) is 2.17. The van der Waals surface area contributed by atoms with Crippen LogP contribution in [-0.2, 0) is 0 Å². The minimum Gasteiger partial charge on any atom is -0.324 e. The average molecular weight is 200 g/mol. The lowest BCUT2D eigenvalue weighted by Crippen LogP contribution is -2.28. The van der Waals surface area contributed by atoms with Crippen molar-refractivity contribution in [3.8, 4) is 0 Å². The van der Waals surface area contributed by atoms with E-state index in [-0.39, 0.29) is 0 Å². The first-order valence-corrected chi connectivity index (χ1v) is 6.23. The van der Waals surface area contributed by atoms with Crippen LogP contribution in [0, 0.1) is 5.92 Å². The minimum atomic E-state index is 0.305. The topological polar surface area (TPSA) is 29.3 Å². The lowest BCUT2D eigenvalue weighted by atomic mass is 10.1. The molecule has 13 heavy (non-hydrogen) atoms. The van der Waals surface area contributed by atoms with Crippen molar-refractivity contribution < 1.29 is 0 Å². The van der Waals surface area contributed by atoms with Crippen LogP contribution < -0.4 is 5.73 Å². The van der Waals surface area contributed by atoms with Gasteiger partial charge in [-0.2, -0.15) is 11.8 Å². The lowest BCUT2D eigenvalue weighted by Gasteiger charge is -2.19. The number of nitrogens with zero attached hydrogens (tertiary/aromatic N) is 1. The van der Waals surface area contributed by atoms with Gasteiger partial charge in [0.2, 0.25) is 0 Å². The van der Waals surface area contributed by atoms with Crippen LogP contribution in [0.4, 0.5) is 0 Å². The van der Waals surface area contributed by atoms with E-state index in [9.17, 15) is 0 Å². The molecule has 0 aromatic heterocycles. The molecule has 1 aliphatic rings. The van der Waals surface area contributed by atoms with Gasteiger partial charge in [-0.05, 0) is 25.6 Å². The van der Waals surface area contributed by atoms with Crippen LogP contribution in [0.25, 0.3) is 0 Å². The maximum absolute atomic E-state index is 5.79. The molecule has 0 spiro atoms. The zero-order chi connectivity index (χ0) is 9.68. The highest BCUT2D eigenvalue weighted by molar-refractivity contribution is 7.98. The van der Waals surface area contributed by atoms with Gasteiger partial charge < -0.3 is 10.6 Å². The number of thioether (sulfide) groups is 1. The molecule has 0 bridgehead atoms. The summed E-state index contributed by atoms with van der Waals surface area (Å²) < 4.78 is 0. The smallest absolute Gasteiger partial charge is 0.0229 e. The molecule has 0 aliphatic heterocycles. The maximum atomic E-state index is 5.79. The Kier molecular flexibility index (Phi) is 4.84. The predicted octanol–water partition coefficient (Wildman–Crippen LogP) is 1.18. The van der Waals surface area contributed by atoms with Crippen molar-refractivity contribution in [2.75, 3.05) is 32.1 Å². The highest BCUT2D eigenvalue weighted by Gasteiger charge is 2.16. The van der Waals surface area contributed by atoms with Gasteiger partial charge in [0, 0.05) is 24.9 Å². The van der Waals surface area contributed by atoms with Crippen molar-refractivity contribution in [1.82, 2.24) is 4.90 Å². The van der Waals surface area contributed by atoms with Crippen molar-refractivity contribution in [1.29, 1.82) is 0 Å². The van der Waals surface area contributed by atoms with Gasteiger partial charge in [-0.1, -0.05) is 12.2 Å². The van der Waals surface area contributed by atoms with Crippen molar-refractivity contribution in [3.63, 3.8) is 0 Å². The van der Waals surface area contributed by atoms with Crippen LogP contribution in [-0.4, -0.2) is 43.1 Å². The first-order valence-electron chi connectivity index (χ1n) is 4.83. The maximum Gasteiger partial charge on any atom is 0.0229 e. The summed E-state index contributed by atoms with van der Waals surface area (Å²) in [6.07, 6.45) is 7.68. The van der Waals surface area contributed by atoms with Crippen molar-refractivity contribution in [3.05, 3.63) is 12.2 Å². The molecule has 0 aromatic rings. The number of hydrogen-bond donors (Lipinski definition) is 1. The number of rotatable bonds is 5. The molecule has 0 heterocycles. The van der Waals surface area contributed by atoms with Crippen molar-refractivity contribution in [2.24, 2.45) is 11.7 Å². The second kappa shape index (κ2) is 5.68. The van der Waals surface area contributed by atoms with Gasteiger partial charge in [0.1, 0.15) is 0 Å². The van der Waals surface area contributed by atoms with E-state index in [1.807, 2.05) is 11.8 Å². The second-order valence-electron chi connectivity index (χ2n) is 3.80. The Bertz CT molecular complexity index is 170. The van der Waals surface area contributed by atoms with E-state index in [0.29, 0.717) is 12.0 Å². The zero-order valence-electron chi connectivity index (χ0n) is 8.57. The second-order valence-corrected chi connectivity index (χ2v) is 4.79. The van der Waals surface area contributed by atoms with Crippen molar-refractivity contribution in [2.45, 2.75) is 12.5 Å². The van der Waals surface area contributed by atoms with Crippen LogP contribution in [0.5, 0.6) is 0 Å². The summed E-state index contributed by atoms with van der Waals surface area (Å²) in [7, 11) is 2.19. The van der Waals surface area contributed by atoms with E-state index >= 15 is 0 Å². The van der Waals surface area contributed by atoms with Gasteiger partial charge in [0.25, 0.3) is 0 Å². The Morgan fingerprint density at radius 3 is 2.85 bits per heavy atom. The molecule has 0 saturated heterocycles. The summed E-state index contributed by atoms with van der Waals surface area (Å²) in [5.74, 6) is 1.90. The molecule has 0 radical (unpaired) electrons. The summed E-state index contributed by atoms with van der Waals surface area (Å²) in [4.78, 5) is 2.39. The van der Waals surface area contributed by atoms with Gasteiger partial charge in [-0.15, -0.1) is 0 Å². The fourth-order valence-electron chi connectivity index (χ4n) is 1.68. The van der Waals surface area contributed by atoms with Gasteiger partial charge in [0.05, 0.1) is 0 Å². The SMILES string of the molecule is CSCCN(C)CC1C=CC(N)C1. The Balaban J connectivity index is 2.14. The molecule has 2 atom stereocenters. The van der Waals surface area contributed by atoms with E-state index in [4.69, 9.17) is 5.73 Å². The van der Waals surface area contributed by atoms with E-state index in [1.165, 1.54) is 12.3 Å². The fraction of sp³-hybridized carbons (Fsp3) is 0.800. The molecule has 2 unspecified atom stereocenters. The highest BCUT2D eigenvalue weighted by Crippen LogP contribution is 2.16. The summed E-state index contributed by atoms with van der Waals surface area (Å²) in [6, 6.07) is 0.305. The van der Waals surface area contributed by atoms with Crippen LogP contribution >= 0.6 is 11.8 Å². The normalized spacial score (nSPS) is 27.4. The Morgan fingerprint density at radius 2 is 2.31 bits per heavy atom. The molecule has 1 rings (SSSR count). The Hall–Kier alpha value is 0.01000. The lowest BCUT2D eigenvalue weighted by molar-refractivity contribution is 0.312. The van der Waals surface area contributed by atoms with Crippen LogP contribution in [0.2, 0.25) is 0 Å². The molecule has 1 aliphatic carbocycles. The number of hydrogen-bond acceptors (Lipinski definition) is 3. The molecule has 0 fully saturated rings. The minimum absolute atomic E-state index is 0.305. The molecule has 2 N–H and O–H groups in total. The quantitative estimate of drug-likeness (QED) is 0.676. The molecular formula is C10H20N2S. The largest absolute Gasteiger partial charge is 0.324 e. The van der Waals surface area contributed by atoms with Crippen LogP contribution in [0.3, 0.4) is 0 Å². The third-order valence-corrected chi connectivity index (χ3v) is 3.02. The van der Waals surface area contributed by atoms with Gasteiger partial charge in [-0.3, -0.25) is 0 Å². The van der Waals surface area contributed by atoms with Gasteiger partial charge >= 0.3 is 0 Å². The van der Waals surface area contributed by atoms with E-state index in [0.717, 1.165) is 13.0 Å². The molecule has 2 nitrogen and oxygen atoms in total. The first-order chi connectivity index (χ1) is 6.22. The molecule has 3 heteroatoms. The summed E-state index contributed by atoms with van der Waals surface area (Å²) in [5, 5.41) is 0. The van der Waals surface area contributed by atoms with E-state index < -0.39 is 0 Å². The molecule has 76 valence electrons. The highest BCUT2D eigenvalue weighted by atomic mass is 32.2. The standard InChI is InChI=1S/C10H20N2S/c1-12(5-6-13-2)8-9-3-4-10(11)7-9/h3-4,9-10H,5-8,11H2,1-2H3. The predicted molar refractivity (Wildman–Crippen MR) is 61.1 cm³/mol. The van der Waals surface area contributed by atoms with Crippen LogP contribution in [0.15, 0.2) is 12.2 Å². The van der Waals surface area contributed by atoms with Crippen molar-refractivity contribution >= 4 is 11.8 Å². The molecule has 0 saturated carbocycles. The van der Waals surface area contributed by atoms with E-state index in [1.54, 1.807) is 0 Å². The summed E-state index contributed by atoms with van der Waals surface area (Å²) in [6.45, 7) is 2.34.